The molecule has 3 rings (SSSR count). The monoisotopic (exact) mass is 316 g/mol. The van der Waals surface area contributed by atoms with Gasteiger partial charge in [0.2, 0.25) is 5.89 Å². The summed E-state index contributed by atoms with van der Waals surface area (Å²) in [4.78, 5) is 4.52. The topological polar surface area (TPSA) is 52.0 Å². The molecule has 0 aliphatic heterocycles. The van der Waals surface area contributed by atoms with Crippen LogP contribution in [0.25, 0.3) is 22.6 Å². The van der Waals surface area contributed by atoms with Crippen molar-refractivity contribution in [3.8, 4) is 11.5 Å². The van der Waals surface area contributed by atoms with Crippen LogP contribution in [0.4, 0.5) is 0 Å². The van der Waals surface area contributed by atoms with Crippen molar-refractivity contribution < 1.29 is 4.42 Å². The van der Waals surface area contributed by atoms with E-state index in [1.54, 1.807) is 0 Å². The smallest absolute Gasteiger partial charge is 0.227 e. The number of hydrogen-bond acceptors (Lipinski definition) is 3. The number of oxazole rings is 1. The highest BCUT2D eigenvalue weighted by Gasteiger charge is 2.10. The van der Waals surface area contributed by atoms with Gasteiger partial charge in [0.15, 0.2) is 5.58 Å². The number of rotatable bonds is 3. The number of fused-ring (bicyclic) bond motifs is 1. The maximum absolute atomic E-state index is 5.83. The largest absolute Gasteiger partial charge is 0.435 e. The Morgan fingerprint density at radius 2 is 2.00 bits per heavy atom. The molecule has 1 aromatic heterocycles. The molecule has 0 fully saturated rings. The van der Waals surface area contributed by atoms with Gasteiger partial charge >= 0.3 is 0 Å². The van der Waals surface area contributed by atoms with Gasteiger partial charge in [-0.1, -0.05) is 18.2 Å². The van der Waals surface area contributed by atoms with Gasteiger partial charge < -0.3 is 10.2 Å². The Bertz CT molecular complexity index is 721. The second-order valence-corrected chi connectivity index (χ2v) is 5.20. The summed E-state index contributed by atoms with van der Waals surface area (Å²) in [6, 6.07) is 14.0. The van der Waals surface area contributed by atoms with Crippen LogP contribution in [0, 0.1) is 0 Å². The molecular weight excluding hydrogens is 304 g/mol. The lowest BCUT2D eigenvalue weighted by Gasteiger charge is -2.00. The van der Waals surface area contributed by atoms with Crippen molar-refractivity contribution in [1.82, 2.24) is 4.98 Å². The molecule has 0 saturated heterocycles. The Morgan fingerprint density at radius 1 is 1.16 bits per heavy atom. The van der Waals surface area contributed by atoms with Crippen LogP contribution in [-0.2, 0) is 6.42 Å². The standard InChI is InChI=1S/C15H13BrN2O/c16-12-5-2-6-13-14(12)19-15(18-13)11-4-1-3-10(9-11)7-8-17/h1-6,9H,7-8,17H2. The van der Waals surface area contributed by atoms with E-state index in [9.17, 15) is 0 Å². The van der Waals surface area contributed by atoms with Crippen LogP contribution in [0.2, 0.25) is 0 Å². The first-order valence-corrected chi connectivity index (χ1v) is 6.91. The maximum atomic E-state index is 5.83. The molecule has 2 N–H and O–H groups in total. The Labute approximate surface area is 119 Å². The average molecular weight is 317 g/mol. The minimum atomic E-state index is 0.640. The highest BCUT2D eigenvalue weighted by atomic mass is 79.9. The van der Waals surface area contributed by atoms with Crippen LogP contribution >= 0.6 is 15.9 Å². The summed E-state index contributed by atoms with van der Waals surface area (Å²) in [5, 5.41) is 0. The summed E-state index contributed by atoms with van der Waals surface area (Å²) >= 11 is 3.47. The first-order chi connectivity index (χ1) is 9.28. The van der Waals surface area contributed by atoms with E-state index in [0.29, 0.717) is 12.4 Å². The summed E-state index contributed by atoms with van der Waals surface area (Å²) in [5.41, 5.74) is 9.40. The molecule has 0 spiro atoms. The molecule has 0 atom stereocenters. The van der Waals surface area contributed by atoms with Crippen LogP contribution < -0.4 is 5.73 Å². The number of benzene rings is 2. The minimum absolute atomic E-state index is 0.640. The lowest BCUT2D eigenvalue weighted by molar-refractivity contribution is 0.618. The second kappa shape index (κ2) is 5.15. The molecule has 3 aromatic rings. The van der Waals surface area contributed by atoms with Crippen molar-refractivity contribution >= 4 is 27.0 Å². The van der Waals surface area contributed by atoms with Crippen molar-refractivity contribution in [2.24, 2.45) is 5.73 Å². The van der Waals surface area contributed by atoms with Gasteiger partial charge in [0, 0.05) is 5.56 Å². The maximum Gasteiger partial charge on any atom is 0.227 e. The number of hydrogen-bond donors (Lipinski definition) is 1. The van der Waals surface area contributed by atoms with Crippen molar-refractivity contribution in [2.45, 2.75) is 6.42 Å². The first kappa shape index (κ1) is 12.4. The summed E-state index contributed by atoms with van der Waals surface area (Å²) in [7, 11) is 0. The van der Waals surface area contributed by atoms with E-state index in [2.05, 4.69) is 33.0 Å². The summed E-state index contributed by atoms with van der Waals surface area (Å²) < 4.78 is 6.75. The number of nitrogens with zero attached hydrogens (tertiary/aromatic N) is 1. The molecule has 0 aliphatic carbocycles. The van der Waals surface area contributed by atoms with Crippen LogP contribution in [0.1, 0.15) is 5.56 Å². The van der Waals surface area contributed by atoms with Gasteiger partial charge in [0.05, 0.1) is 4.47 Å². The van der Waals surface area contributed by atoms with E-state index in [1.807, 2.05) is 30.3 Å². The molecule has 2 aromatic carbocycles. The van der Waals surface area contributed by atoms with Crippen molar-refractivity contribution in [1.29, 1.82) is 0 Å². The molecular formula is C15H13BrN2O. The number of para-hydroxylation sites is 1. The zero-order valence-electron chi connectivity index (χ0n) is 10.3. The third-order valence-electron chi connectivity index (χ3n) is 2.97. The molecule has 0 aliphatic rings. The summed E-state index contributed by atoms with van der Waals surface area (Å²) in [5.74, 6) is 0.640. The fourth-order valence-electron chi connectivity index (χ4n) is 2.07. The Kier molecular flexibility index (Phi) is 3.36. The molecule has 96 valence electrons. The fraction of sp³-hybridized carbons (Fsp3) is 0.133. The van der Waals surface area contributed by atoms with Gasteiger partial charge in [-0.2, -0.15) is 0 Å². The van der Waals surface area contributed by atoms with Crippen LogP contribution in [-0.4, -0.2) is 11.5 Å². The predicted octanol–water partition coefficient (Wildman–Crippen LogP) is 3.76. The predicted molar refractivity (Wildman–Crippen MR) is 79.9 cm³/mol. The normalized spacial score (nSPS) is 11.1. The van der Waals surface area contributed by atoms with E-state index < -0.39 is 0 Å². The Hall–Kier alpha value is -1.65. The minimum Gasteiger partial charge on any atom is -0.435 e. The van der Waals surface area contributed by atoms with Gasteiger partial charge in [-0.05, 0) is 58.7 Å². The molecule has 3 nitrogen and oxygen atoms in total. The number of nitrogens with two attached hydrogens (primary N) is 1. The fourth-order valence-corrected chi connectivity index (χ4v) is 2.50. The molecule has 0 saturated carbocycles. The average Bonchev–Trinajstić information content (AvgIpc) is 2.85. The molecule has 0 amide bonds. The SMILES string of the molecule is NCCc1cccc(-c2nc3cccc(Br)c3o2)c1. The van der Waals surface area contributed by atoms with Crippen molar-refractivity contribution in [2.75, 3.05) is 6.54 Å². The highest BCUT2D eigenvalue weighted by molar-refractivity contribution is 9.10. The van der Waals surface area contributed by atoms with Gasteiger partial charge in [-0.15, -0.1) is 0 Å². The van der Waals surface area contributed by atoms with Gasteiger partial charge in [0.25, 0.3) is 0 Å². The molecule has 0 unspecified atom stereocenters. The summed E-state index contributed by atoms with van der Waals surface area (Å²) in [6.45, 7) is 0.641. The van der Waals surface area contributed by atoms with Crippen molar-refractivity contribution in [3.63, 3.8) is 0 Å². The van der Waals surface area contributed by atoms with Gasteiger partial charge in [-0.3, -0.25) is 0 Å². The van der Waals surface area contributed by atoms with Crippen LogP contribution in [0.15, 0.2) is 51.4 Å². The molecule has 4 heteroatoms. The van der Waals surface area contributed by atoms with E-state index in [1.165, 1.54) is 5.56 Å². The molecule has 1 heterocycles. The highest BCUT2D eigenvalue weighted by Crippen LogP contribution is 2.29. The third kappa shape index (κ3) is 2.41. The van der Waals surface area contributed by atoms with Crippen LogP contribution in [0.5, 0.6) is 0 Å². The second-order valence-electron chi connectivity index (χ2n) is 4.35. The first-order valence-electron chi connectivity index (χ1n) is 6.12. The van der Waals surface area contributed by atoms with Gasteiger partial charge in [-0.25, -0.2) is 4.98 Å². The zero-order chi connectivity index (χ0) is 13.2. The molecule has 0 radical (unpaired) electrons. The van der Waals surface area contributed by atoms with Crippen molar-refractivity contribution in [3.05, 3.63) is 52.5 Å². The van der Waals surface area contributed by atoms with E-state index in [4.69, 9.17) is 10.2 Å². The number of aromatic nitrogens is 1. The number of halogens is 1. The molecule has 0 bridgehead atoms. The Balaban J connectivity index is 2.08. The van der Waals surface area contributed by atoms with Gasteiger partial charge in [0.1, 0.15) is 5.52 Å². The van der Waals surface area contributed by atoms with E-state index >= 15 is 0 Å². The quantitative estimate of drug-likeness (QED) is 0.800. The lowest BCUT2D eigenvalue weighted by Crippen LogP contribution is -2.02. The lowest BCUT2D eigenvalue weighted by atomic mass is 10.1. The summed E-state index contributed by atoms with van der Waals surface area (Å²) in [6.07, 6.45) is 0.859. The third-order valence-corrected chi connectivity index (χ3v) is 3.60. The molecule has 19 heavy (non-hydrogen) atoms. The van der Waals surface area contributed by atoms with E-state index in [-0.39, 0.29) is 0 Å². The Morgan fingerprint density at radius 3 is 2.79 bits per heavy atom. The zero-order valence-corrected chi connectivity index (χ0v) is 11.9. The van der Waals surface area contributed by atoms with Crippen LogP contribution in [0.3, 0.4) is 0 Å². The van der Waals surface area contributed by atoms with E-state index in [0.717, 1.165) is 27.6 Å².